The first-order valence-electron chi connectivity index (χ1n) is 6.63. The second kappa shape index (κ2) is 5.16. The highest BCUT2D eigenvalue weighted by Gasteiger charge is 2.34. The van der Waals surface area contributed by atoms with Crippen LogP contribution in [-0.4, -0.2) is 30.6 Å². The molecule has 0 spiro atoms. The Hall–Kier alpha value is -0.640. The van der Waals surface area contributed by atoms with Crippen LogP contribution in [0.4, 0.5) is 4.39 Å². The minimum atomic E-state index is -0.257. The Balaban J connectivity index is 1.77. The number of nitrogens with zero attached hydrogens (tertiary/aromatic N) is 1. The van der Waals surface area contributed by atoms with E-state index in [-0.39, 0.29) is 10.8 Å². The maximum atomic E-state index is 13.9. The van der Waals surface area contributed by atoms with Crippen molar-refractivity contribution in [3.05, 3.63) is 34.6 Å². The van der Waals surface area contributed by atoms with Gasteiger partial charge in [-0.25, -0.2) is 4.39 Å². The molecule has 2 unspecified atom stereocenters. The van der Waals surface area contributed by atoms with Crippen molar-refractivity contribution in [2.24, 2.45) is 5.92 Å². The number of rotatable bonds is 2. The SMILES string of the molecule is Fc1c(Cl)cccc1CN1CCCC2CNCC21. The normalized spacial score (nSPS) is 28.3. The van der Waals surface area contributed by atoms with Crippen LogP contribution in [0.25, 0.3) is 0 Å². The Labute approximate surface area is 112 Å². The molecule has 18 heavy (non-hydrogen) atoms. The van der Waals surface area contributed by atoms with Gasteiger partial charge in [-0.15, -0.1) is 0 Å². The molecule has 2 aliphatic rings. The molecule has 1 N–H and O–H groups in total. The Morgan fingerprint density at radius 3 is 3.17 bits per heavy atom. The summed E-state index contributed by atoms with van der Waals surface area (Å²) in [6.45, 7) is 3.89. The van der Waals surface area contributed by atoms with Gasteiger partial charge in [0.05, 0.1) is 5.02 Å². The number of piperidine rings is 1. The summed E-state index contributed by atoms with van der Waals surface area (Å²) in [6.07, 6.45) is 2.51. The summed E-state index contributed by atoms with van der Waals surface area (Å²) < 4.78 is 13.9. The van der Waals surface area contributed by atoms with Crippen LogP contribution in [-0.2, 0) is 6.54 Å². The molecule has 0 amide bonds. The minimum Gasteiger partial charge on any atom is -0.315 e. The van der Waals surface area contributed by atoms with E-state index >= 15 is 0 Å². The van der Waals surface area contributed by atoms with Gasteiger partial charge in [-0.05, 0) is 37.9 Å². The van der Waals surface area contributed by atoms with E-state index in [1.165, 1.54) is 12.8 Å². The van der Waals surface area contributed by atoms with Gasteiger partial charge in [0.15, 0.2) is 0 Å². The van der Waals surface area contributed by atoms with Crippen molar-refractivity contribution in [3.8, 4) is 0 Å². The highest BCUT2D eigenvalue weighted by atomic mass is 35.5. The fourth-order valence-corrected chi connectivity index (χ4v) is 3.44. The smallest absolute Gasteiger partial charge is 0.146 e. The maximum absolute atomic E-state index is 13.9. The lowest BCUT2D eigenvalue weighted by Crippen LogP contribution is -2.44. The zero-order chi connectivity index (χ0) is 12.5. The molecule has 3 rings (SSSR count). The average molecular weight is 269 g/mol. The van der Waals surface area contributed by atoms with Crippen LogP contribution in [0.1, 0.15) is 18.4 Å². The van der Waals surface area contributed by atoms with Crippen LogP contribution in [0.5, 0.6) is 0 Å². The van der Waals surface area contributed by atoms with Crippen molar-refractivity contribution < 1.29 is 4.39 Å². The molecule has 2 fully saturated rings. The Kier molecular flexibility index (Phi) is 3.55. The molecular formula is C14H18ClFN2. The Morgan fingerprint density at radius 2 is 2.28 bits per heavy atom. The second-order valence-electron chi connectivity index (χ2n) is 5.31. The van der Waals surface area contributed by atoms with E-state index in [0.29, 0.717) is 12.6 Å². The number of nitrogens with one attached hydrogen (secondary N) is 1. The molecule has 2 saturated heterocycles. The van der Waals surface area contributed by atoms with Gasteiger partial charge in [-0.2, -0.15) is 0 Å². The molecule has 0 saturated carbocycles. The average Bonchev–Trinajstić information content (AvgIpc) is 2.84. The van der Waals surface area contributed by atoms with E-state index in [1.807, 2.05) is 12.1 Å². The summed E-state index contributed by atoms with van der Waals surface area (Å²) in [7, 11) is 0. The number of hydrogen-bond acceptors (Lipinski definition) is 2. The van der Waals surface area contributed by atoms with Crippen LogP contribution in [0.3, 0.4) is 0 Å². The first-order chi connectivity index (χ1) is 8.75. The van der Waals surface area contributed by atoms with Crippen LogP contribution >= 0.6 is 11.6 Å². The third-order valence-electron chi connectivity index (χ3n) is 4.20. The van der Waals surface area contributed by atoms with Crippen LogP contribution in [0.2, 0.25) is 5.02 Å². The van der Waals surface area contributed by atoms with Crippen LogP contribution < -0.4 is 5.32 Å². The molecule has 0 aromatic heterocycles. The van der Waals surface area contributed by atoms with Crippen molar-refractivity contribution in [1.82, 2.24) is 10.2 Å². The highest BCUT2D eigenvalue weighted by molar-refractivity contribution is 6.30. The summed E-state index contributed by atoms with van der Waals surface area (Å²) in [5.74, 6) is 0.480. The van der Waals surface area contributed by atoms with Gasteiger partial charge >= 0.3 is 0 Å². The predicted molar refractivity (Wildman–Crippen MR) is 71.2 cm³/mol. The quantitative estimate of drug-likeness (QED) is 0.887. The molecule has 2 nitrogen and oxygen atoms in total. The number of fused-ring (bicyclic) bond motifs is 1. The summed E-state index contributed by atoms with van der Waals surface area (Å²) >= 11 is 5.84. The molecule has 0 radical (unpaired) electrons. The van der Waals surface area contributed by atoms with Gasteiger partial charge in [0.2, 0.25) is 0 Å². The lowest BCUT2D eigenvalue weighted by molar-refractivity contribution is 0.116. The van der Waals surface area contributed by atoms with E-state index in [0.717, 1.165) is 31.1 Å². The predicted octanol–water partition coefficient (Wildman–Crippen LogP) is 2.66. The van der Waals surface area contributed by atoms with Crippen LogP contribution in [0, 0.1) is 11.7 Å². The first kappa shape index (κ1) is 12.4. The number of benzene rings is 1. The van der Waals surface area contributed by atoms with E-state index in [1.54, 1.807) is 6.07 Å². The van der Waals surface area contributed by atoms with Gasteiger partial charge < -0.3 is 5.32 Å². The number of halogens is 2. The van der Waals surface area contributed by atoms with Crippen molar-refractivity contribution >= 4 is 11.6 Å². The second-order valence-corrected chi connectivity index (χ2v) is 5.72. The fourth-order valence-electron chi connectivity index (χ4n) is 3.25. The molecule has 2 heterocycles. The highest BCUT2D eigenvalue weighted by Crippen LogP contribution is 2.29. The third-order valence-corrected chi connectivity index (χ3v) is 4.49. The Morgan fingerprint density at radius 1 is 1.39 bits per heavy atom. The number of hydrogen-bond donors (Lipinski definition) is 1. The van der Waals surface area contributed by atoms with Crippen molar-refractivity contribution in [3.63, 3.8) is 0 Å². The molecule has 0 bridgehead atoms. The van der Waals surface area contributed by atoms with Gasteiger partial charge in [0, 0.05) is 24.7 Å². The van der Waals surface area contributed by atoms with Crippen molar-refractivity contribution in [2.45, 2.75) is 25.4 Å². The molecule has 2 aliphatic heterocycles. The van der Waals surface area contributed by atoms with Crippen molar-refractivity contribution in [1.29, 1.82) is 0 Å². The van der Waals surface area contributed by atoms with Gasteiger partial charge in [0.25, 0.3) is 0 Å². The zero-order valence-corrected chi connectivity index (χ0v) is 11.1. The van der Waals surface area contributed by atoms with E-state index in [9.17, 15) is 4.39 Å². The summed E-state index contributed by atoms with van der Waals surface area (Å²) in [5, 5.41) is 3.67. The molecule has 98 valence electrons. The molecule has 4 heteroatoms. The topological polar surface area (TPSA) is 15.3 Å². The van der Waals surface area contributed by atoms with Crippen molar-refractivity contribution in [2.75, 3.05) is 19.6 Å². The first-order valence-corrected chi connectivity index (χ1v) is 7.01. The van der Waals surface area contributed by atoms with Gasteiger partial charge in [0.1, 0.15) is 5.82 Å². The monoisotopic (exact) mass is 268 g/mol. The third kappa shape index (κ3) is 2.27. The van der Waals surface area contributed by atoms with Crippen LogP contribution in [0.15, 0.2) is 18.2 Å². The lowest BCUT2D eigenvalue weighted by Gasteiger charge is -2.37. The standard InChI is InChI=1S/C14H18ClFN2/c15-12-5-1-3-11(14(12)16)9-18-6-2-4-10-7-17-8-13(10)18/h1,3,5,10,13,17H,2,4,6-9H2. The van der Waals surface area contributed by atoms with E-state index < -0.39 is 0 Å². The molecule has 2 atom stereocenters. The molecular weight excluding hydrogens is 251 g/mol. The minimum absolute atomic E-state index is 0.227. The van der Waals surface area contributed by atoms with Gasteiger partial charge in [-0.3, -0.25) is 4.90 Å². The molecule has 1 aromatic rings. The number of likely N-dealkylation sites (tertiary alicyclic amines) is 1. The lowest BCUT2D eigenvalue weighted by atomic mass is 9.91. The molecule has 0 aliphatic carbocycles. The van der Waals surface area contributed by atoms with E-state index in [4.69, 9.17) is 11.6 Å². The summed E-state index contributed by atoms with van der Waals surface area (Å²) in [4.78, 5) is 2.41. The zero-order valence-electron chi connectivity index (χ0n) is 10.3. The van der Waals surface area contributed by atoms with Gasteiger partial charge in [-0.1, -0.05) is 23.7 Å². The maximum Gasteiger partial charge on any atom is 0.146 e. The Bertz CT molecular complexity index is 438. The largest absolute Gasteiger partial charge is 0.315 e. The molecule has 1 aromatic carbocycles. The summed E-state index contributed by atoms with van der Waals surface area (Å²) in [6, 6.07) is 5.84. The van der Waals surface area contributed by atoms with E-state index in [2.05, 4.69) is 10.2 Å². The fraction of sp³-hybridized carbons (Fsp3) is 0.571. The summed E-state index contributed by atoms with van der Waals surface area (Å²) in [5.41, 5.74) is 0.718.